The average Bonchev–Trinajstić information content (AvgIpc) is 2.69. The minimum atomic E-state index is 0.786. The predicted molar refractivity (Wildman–Crippen MR) is 60.6 cm³/mol. The van der Waals surface area contributed by atoms with Crippen molar-refractivity contribution in [2.45, 2.75) is 57.9 Å². The van der Waals surface area contributed by atoms with Crippen molar-refractivity contribution in [3.8, 4) is 0 Å². The van der Waals surface area contributed by atoms with Crippen molar-refractivity contribution < 1.29 is 4.74 Å². The van der Waals surface area contributed by atoms with Crippen LogP contribution in [-0.2, 0) is 4.74 Å². The Labute approximate surface area is 88.4 Å². The molecule has 0 aromatic rings. The summed E-state index contributed by atoms with van der Waals surface area (Å²) < 4.78 is 5.53. The van der Waals surface area contributed by atoms with Crippen LogP contribution in [0.1, 0.15) is 51.9 Å². The van der Waals surface area contributed by atoms with Gasteiger partial charge in [-0.2, -0.15) is 0 Å². The summed E-state index contributed by atoms with van der Waals surface area (Å²) in [5, 5.41) is 3.55. The van der Waals surface area contributed by atoms with Crippen LogP contribution >= 0.6 is 0 Å². The van der Waals surface area contributed by atoms with Crippen LogP contribution in [0.3, 0.4) is 0 Å². The lowest BCUT2D eigenvalue weighted by atomic mass is 10.2. The van der Waals surface area contributed by atoms with E-state index < -0.39 is 0 Å². The Morgan fingerprint density at radius 3 is 2.64 bits per heavy atom. The van der Waals surface area contributed by atoms with Gasteiger partial charge in [0, 0.05) is 19.2 Å². The molecule has 1 aliphatic carbocycles. The Balaban J connectivity index is 1.75. The molecule has 0 aromatic carbocycles. The fourth-order valence-corrected chi connectivity index (χ4v) is 2.02. The lowest BCUT2D eigenvalue weighted by Crippen LogP contribution is -2.29. The van der Waals surface area contributed by atoms with Crippen LogP contribution in [0.5, 0.6) is 0 Å². The Morgan fingerprint density at radius 2 is 1.93 bits per heavy atom. The van der Waals surface area contributed by atoms with E-state index in [2.05, 4.69) is 12.2 Å². The van der Waals surface area contributed by atoms with Crippen LogP contribution in [0, 0.1) is 0 Å². The van der Waals surface area contributed by atoms with E-state index in [1.54, 1.807) is 0 Å². The molecule has 1 aliphatic rings. The third-order valence-corrected chi connectivity index (χ3v) is 2.93. The molecule has 1 saturated carbocycles. The molecule has 0 bridgehead atoms. The minimum absolute atomic E-state index is 0.786. The number of rotatable bonds is 8. The van der Waals surface area contributed by atoms with Gasteiger partial charge in [-0.1, -0.05) is 32.6 Å². The van der Waals surface area contributed by atoms with Gasteiger partial charge in [-0.25, -0.2) is 0 Å². The van der Waals surface area contributed by atoms with E-state index in [1.165, 1.54) is 44.9 Å². The van der Waals surface area contributed by atoms with Crippen molar-refractivity contribution in [1.82, 2.24) is 5.32 Å². The summed E-state index contributed by atoms with van der Waals surface area (Å²) in [5.74, 6) is 0. The van der Waals surface area contributed by atoms with Crippen LogP contribution in [0.25, 0.3) is 0 Å². The maximum Gasteiger partial charge on any atom is 0.0590 e. The molecule has 1 fully saturated rings. The molecule has 0 aromatic heterocycles. The number of nitrogens with one attached hydrogen (secondary N) is 1. The molecule has 0 amide bonds. The second-order valence-electron chi connectivity index (χ2n) is 4.25. The molecule has 1 N–H and O–H groups in total. The lowest BCUT2D eigenvalue weighted by molar-refractivity contribution is 0.130. The first-order valence-corrected chi connectivity index (χ1v) is 6.24. The van der Waals surface area contributed by atoms with Gasteiger partial charge in [0.2, 0.25) is 0 Å². The summed E-state index contributed by atoms with van der Waals surface area (Å²) in [5.41, 5.74) is 0. The zero-order chi connectivity index (χ0) is 10.1. The highest BCUT2D eigenvalue weighted by molar-refractivity contribution is 4.72. The second-order valence-corrected chi connectivity index (χ2v) is 4.25. The van der Waals surface area contributed by atoms with Crippen molar-refractivity contribution in [3.63, 3.8) is 0 Å². The van der Waals surface area contributed by atoms with Crippen LogP contribution < -0.4 is 5.32 Å². The molecule has 84 valence electrons. The molecule has 0 heterocycles. The van der Waals surface area contributed by atoms with E-state index >= 15 is 0 Å². The molecule has 0 spiro atoms. The Kier molecular flexibility index (Phi) is 7.06. The monoisotopic (exact) mass is 199 g/mol. The first-order valence-electron chi connectivity index (χ1n) is 6.24. The van der Waals surface area contributed by atoms with Gasteiger partial charge in [-0.15, -0.1) is 0 Å². The highest BCUT2D eigenvalue weighted by Gasteiger charge is 2.12. The number of hydrogen-bond donors (Lipinski definition) is 1. The lowest BCUT2D eigenvalue weighted by Gasteiger charge is -2.11. The molecule has 2 heteroatoms. The quantitative estimate of drug-likeness (QED) is 0.607. The third-order valence-electron chi connectivity index (χ3n) is 2.93. The van der Waals surface area contributed by atoms with Crippen molar-refractivity contribution in [2.75, 3.05) is 19.8 Å². The maximum absolute atomic E-state index is 5.53. The molecular weight excluding hydrogens is 174 g/mol. The van der Waals surface area contributed by atoms with E-state index in [9.17, 15) is 0 Å². The van der Waals surface area contributed by atoms with E-state index in [4.69, 9.17) is 4.74 Å². The van der Waals surface area contributed by atoms with Gasteiger partial charge < -0.3 is 10.1 Å². The molecular formula is C12H25NO. The summed E-state index contributed by atoms with van der Waals surface area (Å²) in [6.07, 6.45) is 9.37. The Bertz CT molecular complexity index is 121. The second kappa shape index (κ2) is 8.25. The van der Waals surface area contributed by atoms with E-state index in [1.807, 2.05) is 0 Å². The van der Waals surface area contributed by atoms with Gasteiger partial charge in [0.1, 0.15) is 0 Å². The normalized spacial score (nSPS) is 17.8. The largest absolute Gasteiger partial charge is 0.380 e. The molecule has 2 nitrogen and oxygen atoms in total. The Hall–Kier alpha value is -0.0800. The molecule has 0 aliphatic heterocycles. The zero-order valence-electron chi connectivity index (χ0n) is 9.56. The molecule has 0 atom stereocenters. The van der Waals surface area contributed by atoms with Crippen molar-refractivity contribution in [1.29, 1.82) is 0 Å². The van der Waals surface area contributed by atoms with Crippen molar-refractivity contribution >= 4 is 0 Å². The van der Waals surface area contributed by atoms with Crippen molar-refractivity contribution in [2.24, 2.45) is 0 Å². The fourth-order valence-electron chi connectivity index (χ4n) is 2.02. The van der Waals surface area contributed by atoms with Crippen LogP contribution in [0.4, 0.5) is 0 Å². The third kappa shape index (κ3) is 5.61. The topological polar surface area (TPSA) is 21.3 Å². The van der Waals surface area contributed by atoms with Crippen LogP contribution in [-0.4, -0.2) is 25.8 Å². The number of hydrogen-bond acceptors (Lipinski definition) is 2. The van der Waals surface area contributed by atoms with E-state index in [0.29, 0.717) is 0 Å². The van der Waals surface area contributed by atoms with Gasteiger partial charge in [-0.3, -0.25) is 0 Å². The highest BCUT2D eigenvalue weighted by atomic mass is 16.5. The fraction of sp³-hybridized carbons (Fsp3) is 1.00. The first kappa shape index (κ1) is 12.0. The van der Waals surface area contributed by atoms with Gasteiger partial charge in [0.15, 0.2) is 0 Å². The molecule has 14 heavy (non-hydrogen) atoms. The molecule has 0 unspecified atom stereocenters. The first-order chi connectivity index (χ1) is 6.93. The summed E-state index contributed by atoms with van der Waals surface area (Å²) in [6.45, 7) is 5.10. The summed E-state index contributed by atoms with van der Waals surface area (Å²) >= 11 is 0. The average molecular weight is 199 g/mol. The molecule has 0 saturated heterocycles. The van der Waals surface area contributed by atoms with Gasteiger partial charge in [-0.05, 0) is 19.3 Å². The van der Waals surface area contributed by atoms with E-state index in [-0.39, 0.29) is 0 Å². The van der Waals surface area contributed by atoms with Gasteiger partial charge in [0.25, 0.3) is 0 Å². The summed E-state index contributed by atoms with van der Waals surface area (Å²) in [4.78, 5) is 0. The Morgan fingerprint density at radius 1 is 1.14 bits per heavy atom. The number of ether oxygens (including phenoxy) is 1. The smallest absolute Gasteiger partial charge is 0.0590 e. The number of unbranched alkanes of at least 4 members (excludes halogenated alkanes) is 2. The standard InChI is InChI=1S/C12H25NO/c1-2-3-6-10-14-11-9-13-12-7-4-5-8-12/h12-13H,2-11H2,1H3. The van der Waals surface area contributed by atoms with Gasteiger partial charge >= 0.3 is 0 Å². The molecule has 1 rings (SSSR count). The van der Waals surface area contributed by atoms with Crippen LogP contribution in [0.2, 0.25) is 0 Å². The predicted octanol–water partition coefficient (Wildman–Crippen LogP) is 2.73. The molecule has 0 radical (unpaired) electrons. The minimum Gasteiger partial charge on any atom is -0.380 e. The van der Waals surface area contributed by atoms with Crippen molar-refractivity contribution in [3.05, 3.63) is 0 Å². The van der Waals surface area contributed by atoms with Gasteiger partial charge in [0.05, 0.1) is 6.61 Å². The zero-order valence-corrected chi connectivity index (χ0v) is 9.56. The van der Waals surface area contributed by atoms with E-state index in [0.717, 1.165) is 25.8 Å². The SMILES string of the molecule is CCCCCOCCNC1CCCC1. The maximum atomic E-state index is 5.53. The highest BCUT2D eigenvalue weighted by Crippen LogP contribution is 2.17. The summed E-state index contributed by atoms with van der Waals surface area (Å²) in [6, 6.07) is 0.786. The van der Waals surface area contributed by atoms with Crippen LogP contribution in [0.15, 0.2) is 0 Å². The summed E-state index contributed by atoms with van der Waals surface area (Å²) in [7, 11) is 0.